The smallest absolute Gasteiger partial charge is 0.0992 e. The lowest BCUT2D eigenvalue weighted by Crippen LogP contribution is -2.27. The highest BCUT2D eigenvalue weighted by Gasteiger charge is 2.31. The molecule has 90 valence electrons. The summed E-state index contributed by atoms with van der Waals surface area (Å²) < 4.78 is 5.20. The van der Waals surface area contributed by atoms with E-state index in [-0.39, 0.29) is 0 Å². The molecular formula is C13H15ClN2O. The number of halogens is 1. The van der Waals surface area contributed by atoms with E-state index in [2.05, 4.69) is 11.4 Å². The summed E-state index contributed by atoms with van der Waals surface area (Å²) >= 11 is 6.12. The quantitative estimate of drug-likeness (QED) is 0.874. The molecule has 1 N–H and O–H groups in total. The lowest BCUT2D eigenvalue weighted by Gasteiger charge is -2.19. The Morgan fingerprint density at radius 3 is 2.88 bits per heavy atom. The van der Waals surface area contributed by atoms with Crippen LogP contribution in [0.2, 0.25) is 5.02 Å². The molecule has 1 atom stereocenters. The Kier molecular flexibility index (Phi) is 3.88. The average molecular weight is 251 g/mol. The highest BCUT2D eigenvalue weighted by atomic mass is 35.5. The van der Waals surface area contributed by atoms with Crippen molar-refractivity contribution in [3.8, 4) is 6.07 Å². The fraction of sp³-hybridized carbons (Fsp3) is 0.462. The molecule has 0 radical (unpaired) electrons. The second kappa shape index (κ2) is 5.39. The second-order valence-electron chi connectivity index (χ2n) is 4.35. The topological polar surface area (TPSA) is 45.0 Å². The summed E-state index contributed by atoms with van der Waals surface area (Å²) in [6.07, 6.45) is 2.49. The lowest BCUT2D eigenvalue weighted by atomic mass is 10.1. The molecule has 2 rings (SSSR count). The van der Waals surface area contributed by atoms with Gasteiger partial charge in [0.15, 0.2) is 0 Å². The molecule has 17 heavy (non-hydrogen) atoms. The first-order chi connectivity index (χ1) is 8.24. The molecule has 1 aliphatic carbocycles. The lowest BCUT2D eigenvalue weighted by molar-refractivity contribution is 0.179. The van der Waals surface area contributed by atoms with Gasteiger partial charge in [-0.1, -0.05) is 11.6 Å². The number of nitriles is 1. The van der Waals surface area contributed by atoms with E-state index in [0.29, 0.717) is 29.2 Å². The van der Waals surface area contributed by atoms with Gasteiger partial charge in [0.25, 0.3) is 0 Å². The number of methoxy groups -OCH3 is 1. The van der Waals surface area contributed by atoms with Gasteiger partial charge in [-0.3, -0.25) is 0 Å². The maximum absolute atomic E-state index is 8.77. The monoisotopic (exact) mass is 250 g/mol. The molecule has 0 aliphatic heterocycles. The van der Waals surface area contributed by atoms with Crippen LogP contribution in [0.15, 0.2) is 18.2 Å². The summed E-state index contributed by atoms with van der Waals surface area (Å²) in [4.78, 5) is 0. The Labute approximate surface area is 106 Å². The number of nitrogens with one attached hydrogen (secondary N) is 1. The van der Waals surface area contributed by atoms with Crippen molar-refractivity contribution in [2.24, 2.45) is 5.92 Å². The van der Waals surface area contributed by atoms with Gasteiger partial charge in [0.05, 0.1) is 35.0 Å². The van der Waals surface area contributed by atoms with Crippen molar-refractivity contribution in [2.45, 2.75) is 18.9 Å². The zero-order valence-electron chi connectivity index (χ0n) is 9.74. The van der Waals surface area contributed by atoms with E-state index in [1.54, 1.807) is 19.2 Å². The number of hydrogen-bond acceptors (Lipinski definition) is 3. The molecule has 1 aromatic rings. The zero-order valence-corrected chi connectivity index (χ0v) is 10.5. The van der Waals surface area contributed by atoms with Crippen LogP contribution in [0.1, 0.15) is 18.4 Å². The standard InChI is InChI=1S/C13H15ClN2O/c1-17-8-13(10-3-4-10)16-12-5-2-9(7-15)6-11(12)14/h2,5-6,10,13,16H,3-4,8H2,1H3. The van der Waals surface area contributed by atoms with Crippen molar-refractivity contribution >= 4 is 17.3 Å². The maximum Gasteiger partial charge on any atom is 0.0992 e. The molecule has 1 unspecified atom stereocenters. The maximum atomic E-state index is 8.77. The summed E-state index contributed by atoms with van der Waals surface area (Å²) in [5.41, 5.74) is 1.45. The molecule has 0 amide bonds. The predicted octanol–water partition coefficient (Wildman–Crippen LogP) is 3.05. The molecule has 1 saturated carbocycles. The van der Waals surface area contributed by atoms with Crippen LogP contribution >= 0.6 is 11.6 Å². The molecule has 1 fully saturated rings. The van der Waals surface area contributed by atoms with E-state index in [1.807, 2.05) is 6.07 Å². The molecule has 1 aliphatic rings. The van der Waals surface area contributed by atoms with Crippen molar-refractivity contribution in [3.05, 3.63) is 28.8 Å². The number of ether oxygens (including phenoxy) is 1. The van der Waals surface area contributed by atoms with Gasteiger partial charge in [-0.05, 0) is 37.0 Å². The van der Waals surface area contributed by atoms with Crippen LogP contribution in [0.3, 0.4) is 0 Å². The summed E-state index contributed by atoms with van der Waals surface area (Å²) in [7, 11) is 1.71. The van der Waals surface area contributed by atoms with Crippen LogP contribution in [0.5, 0.6) is 0 Å². The van der Waals surface area contributed by atoms with Gasteiger partial charge >= 0.3 is 0 Å². The van der Waals surface area contributed by atoms with Crippen LogP contribution < -0.4 is 5.32 Å². The summed E-state index contributed by atoms with van der Waals surface area (Å²) in [6.45, 7) is 0.682. The minimum atomic E-state index is 0.311. The van der Waals surface area contributed by atoms with E-state index >= 15 is 0 Å². The van der Waals surface area contributed by atoms with Crippen LogP contribution in [0, 0.1) is 17.2 Å². The molecule has 1 aromatic carbocycles. The van der Waals surface area contributed by atoms with E-state index in [0.717, 1.165) is 5.69 Å². The van der Waals surface area contributed by atoms with E-state index in [9.17, 15) is 0 Å². The fourth-order valence-corrected chi connectivity index (χ4v) is 2.11. The Morgan fingerprint density at radius 2 is 2.35 bits per heavy atom. The van der Waals surface area contributed by atoms with Crippen molar-refractivity contribution in [1.82, 2.24) is 0 Å². The number of benzene rings is 1. The number of hydrogen-bond donors (Lipinski definition) is 1. The molecular weight excluding hydrogens is 236 g/mol. The van der Waals surface area contributed by atoms with Gasteiger partial charge < -0.3 is 10.1 Å². The summed E-state index contributed by atoms with van der Waals surface area (Å²) in [5.74, 6) is 0.682. The first-order valence-electron chi connectivity index (χ1n) is 5.69. The predicted molar refractivity (Wildman–Crippen MR) is 68.2 cm³/mol. The Balaban J connectivity index is 2.09. The number of anilines is 1. The van der Waals surface area contributed by atoms with Gasteiger partial charge in [-0.15, -0.1) is 0 Å². The summed E-state index contributed by atoms with van der Waals surface area (Å²) in [5, 5.41) is 12.8. The highest BCUT2D eigenvalue weighted by Crippen LogP contribution is 2.35. The van der Waals surface area contributed by atoms with Crippen LogP contribution in [-0.2, 0) is 4.74 Å². The molecule has 4 heteroatoms. The van der Waals surface area contributed by atoms with Crippen molar-refractivity contribution in [1.29, 1.82) is 5.26 Å². The fourth-order valence-electron chi connectivity index (χ4n) is 1.88. The highest BCUT2D eigenvalue weighted by molar-refractivity contribution is 6.33. The van der Waals surface area contributed by atoms with E-state index in [1.165, 1.54) is 12.8 Å². The summed E-state index contributed by atoms with van der Waals surface area (Å²) in [6, 6.07) is 7.69. The van der Waals surface area contributed by atoms with Crippen LogP contribution in [0.25, 0.3) is 0 Å². The zero-order chi connectivity index (χ0) is 12.3. The third-order valence-corrected chi connectivity index (χ3v) is 3.29. The Morgan fingerprint density at radius 1 is 1.59 bits per heavy atom. The van der Waals surface area contributed by atoms with Crippen LogP contribution in [-0.4, -0.2) is 19.8 Å². The SMILES string of the molecule is COCC(Nc1ccc(C#N)cc1Cl)C1CC1. The third-order valence-electron chi connectivity index (χ3n) is 2.98. The average Bonchev–Trinajstić information content (AvgIpc) is 3.14. The first kappa shape index (κ1) is 12.2. The normalized spacial score (nSPS) is 16.3. The molecule has 0 bridgehead atoms. The second-order valence-corrected chi connectivity index (χ2v) is 4.76. The Bertz CT molecular complexity index is 438. The minimum Gasteiger partial charge on any atom is -0.383 e. The third kappa shape index (κ3) is 3.12. The number of nitrogens with zero attached hydrogens (tertiary/aromatic N) is 1. The first-order valence-corrected chi connectivity index (χ1v) is 6.07. The van der Waals surface area contributed by atoms with Crippen LogP contribution in [0.4, 0.5) is 5.69 Å². The van der Waals surface area contributed by atoms with Gasteiger partial charge in [-0.2, -0.15) is 5.26 Å². The minimum absolute atomic E-state index is 0.311. The van der Waals surface area contributed by atoms with Gasteiger partial charge in [0.2, 0.25) is 0 Å². The largest absolute Gasteiger partial charge is 0.383 e. The van der Waals surface area contributed by atoms with Gasteiger partial charge in [0, 0.05) is 7.11 Å². The Hall–Kier alpha value is -1.24. The van der Waals surface area contributed by atoms with E-state index in [4.69, 9.17) is 21.6 Å². The van der Waals surface area contributed by atoms with Crippen molar-refractivity contribution in [2.75, 3.05) is 19.0 Å². The van der Waals surface area contributed by atoms with Crippen molar-refractivity contribution < 1.29 is 4.74 Å². The van der Waals surface area contributed by atoms with Gasteiger partial charge in [0.1, 0.15) is 0 Å². The van der Waals surface area contributed by atoms with E-state index < -0.39 is 0 Å². The molecule has 3 nitrogen and oxygen atoms in total. The molecule has 0 aromatic heterocycles. The molecule has 0 spiro atoms. The molecule has 0 saturated heterocycles. The molecule has 0 heterocycles. The number of rotatable bonds is 5. The van der Waals surface area contributed by atoms with Crippen molar-refractivity contribution in [3.63, 3.8) is 0 Å². The van der Waals surface area contributed by atoms with Gasteiger partial charge in [-0.25, -0.2) is 0 Å².